The molecule has 1 amide bonds. The van der Waals surface area contributed by atoms with E-state index in [4.69, 9.17) is 10.8 Å². The fourth-order valence-electron chi connectivity index (χ4n) is 2.25. The van der Waals surface area contributed by atoms with E-state index in [1.165, 1.54) is 6.20 Å². The topological polar surface area (TPSA) is 96.5 Å². The SMILES string of the molecule is NC(=O)C1CCN(Cc2ccc(C(=O)O)cn2)CC1. The molecule has 1 aliphatic heterocycles. The molecule has 0 spiro atoms. The van der Waals surface area contributed by atoms with Gasteiger partial charge in [0.25, 0.3) is 0 Å². The zero-order valence-electron chi connectivity index (χ0n) is 10.6. The van der Waals surface area contributed by atoms with Crippen molar-refractivity contribution >= 4 is 11.9 Å². The van der Waals surface area contributed by atoms with Crippen LogP contribution in [-0.4, -0.2) is 40.0 Å². The Morgan fingerprint density at radius 3 is 2.53 bits per heavy atom. The van der Waals surface area contributed by atoms with E-state index in [9.17, 15) is 9.59 Å². The highest BCUT2D eigenvalue weighted by Crippen LogP contribution is 2.18. The number of pyridine rings is 1. The molecule has 19 heavy (non-hydrogen) atoms. The van der Waals surface area contributed by atoms with Crippen molar-refractivity contribution in [3.63, 3.8) is 0 Å². The minimum atomic E-state index is -0.971. The van der Waals surface area contributed by atoms with E-state index in [1.807, 2.05) is 0 Å². The van der Waals surface area contributed by atoms with Gasteiger partial charge in [0, 0.05) is 18.7 Å². The maximum Gasteiger partial charge on any atom is 0.337 e. The number of aromatic carboxylic acids is 1. The van der Waals surface area contributed by atoms with Gasteiger partial charge in [0.1, 0.15) is 0 Å². The van der Waals surface area contributed by atoms with Crippen molar-refractivity contribution in [1.29, 1.82) is 0 Å². The lowest BCUT2D eigenvalue weighted by Gasteiger charge is -2.30. The first-order valence-corrected chi connectivity index (χ1v) is 6.26. The number of amides is 1. The molecule has 0 saturated carbocycles. The molecule has 0 radical (unpaired) electrons. The average Bonchev–Trinajstić information content (AvgIpc) is 2.40. The van der Waals surface area contributed by atoms with Gasteiger partial charge in [0.15, 0.2) is 0 Å². The van der Waals surface area contributed by atoms with E-state index < -0.39 is 5.97 Å². The first kappa shape index (κ1) is 13.5. The largest absolute Gasteiger partial charge is 0.478 e. The first-order chi connectivity index (χ1) is 9.06. The molecule has 1 aromatic rings. The lowest BCUT2D eigenvalue weighted by atomic mass is 9.96. The lowest BCUT2D eigenvalue weighted by Crippen LogP contribution is -2.38. The Balaban J connectivity index is 1.88. The summed E-state index contributed by atoms with van der Waals surface area (Å²) in [5, 5.41) is 8.78. The summed E-state index contributed by atoms with van der Waals surface area (Å²) >= 11 is 0. The van der Waals surface area contributed by atoms with Crippen LogP contribution >= 0.6 is 0 Å². The van der Waals surface area contributed by atoms with Crippen LogP contribution in [-0.2, 0) is 11.3 Å². The van der Waals surface area contributed by atoms with Crippen molar-refractivity contribution < 1.29 is 14.7 Å². The zero-order chi connectivity index (χ0) is 13.8. The van der Waals surface area contributed by atoms with Crippen LogP contribution in [0.4, 0.5) is 0 Å². The van der Waals surface area contributed by atoms with Crippen molar-refractivity contribution in [3.8, 4) is 0 Å². The zero-order valence-corrected chi connectivity index (χ0v) is 10.6. The average molecular weight is 263 g/mol. The Bertz CT molecular complexity index is 465. The minimum Gasteiger partial charge on any atom is -0.478 e. The molecule has 3 N–H and O–H groups in total. The van der Waals surface area contributed by atoms with Crippen LogP contribution in [0.5, 0.6) is 0 Å². The van der Waals surface area contributed by atoms with Gasteiger partial charge in [-0.15, -0.1) is 0 Å². The number of carboxylic acid groups (broad SMARTS) is 1. The Morgan fingerprint density at radius 2 is 2.05 bits per heavy atom. The van der Waals surface area contributed by atoms with E-state index in [1.54, 1.807) is 12.1 Å². The molecule has 2 rings (SSSR count). The molecule has 0 unspecified atom stereocenters. The number of hydrogen-bond donors (Lipinski definition) is 2. The van der Waals surface area contributed by atoms with E-state index >= 15 is 0 Å². The van der Waals surface area contributed by atoms with Crippen molar-refractivity contribution in [3.05, 3.63) is 29.6 Å². The van der Waals surface area contributed by atoms with Crippen molar-refractivity contribution in [1.82, 2.24) is 9.88 Å². The van der Waals surface area contributed by atoms with Crippen molar-refractivity contribution in [2.45, 2.75) is 19.4 Å². The number of carbonyl (C=O) groups is 2. The molecule has 1 aromatic heterocycles. The van der Waals surface area contributed by atoms with Crippen LogP contribution < -0.4 is 5.73 Å². The maximum absolute atomic E-state index is 11.1. The highest BCUT2D eigenvalue weighted by Gasteiger charge is 2.23. The number of carbonyl (C=O) groups excluding carboxylic acids is 1. The Labute approximate surface area is 111 Å². The van der Waals surface area contributed by atoms with Gasteiger partial charge in [-0.25, -0.2) is 4.79 Å². The summed E-state index contributed by atoms with van der Waals surface area (Å²) in [4.78, 5) is 28.1. The number of nitrogens with two attached hydrogens (primary N) is 1. The standard InChI is InChI=1S/C13H17N3O3/c14-12(17)9-3-5-16(6-4-9)8-11-2-1-10(7-15-11)13(18)19/h1-2,7,9H,3-6,8H2,(H2,14,17)(H,18,19). The molecular weight excluding hydrogens is 246 g/mol. The molecule has 6 heteroatoms. The number of hydrogen-bond acceptors (Lipinski definition) is 4. The van der Waals surface area contributed by atoms with Gasteiger partial charge in [-0.1, -0.05) is 0 Å². The molecule has 1 saturated heterocycles. The van der Waals surface area contributed by atoms with Crippen LogP contribution in [0.3, 0.4) is 0 Å². The number of rotatable bonds is 4. The number of primary amides is 1. The van der Waals surface area contributed by atoms with Gasteiger partial charge in [0.05, 0.1) is 11.3 Å². The van der Waals surface area contributed by atoms with Gasteiger partial charge in [-0.3, -0.25) is 14.7 Å². The third kappa shape index (κ3) is 3.51. The van der Waals surface area contributed by atoms with Gasteiger partial charge < -0.3 is 10.8 Å². The smallest absolute Gasteiger partial charge is 0.337 e. The van der Waals surface area contributed by atoms with Crippen LogP contribution in [0.2, 0.25) is 0 Å². The third-order valence-electron chi connectivity index (χ3n) is 3.45. The predicted molar refractivity (Wildman–Crippen MR) is 68.4 cm³/mol. The van der Waals surface area contributed by atoms with Crippen LogP contribution in [0.25, 0.3) is 0 Å². The summed E-state index contributed by atoms with van der Waals surface area (Å²) in [7, 11) is 0. The number of piperidine rings is 1. The normalized spacial score (nSPS) is 17.3. The van der Waals surface area contributed by atoms with Gasteiger partial charge in [0.2, 0.25) is 5.91 Å². The highest BCUT2D eigenvalue weighted by atomic mass is 16.4. The fourth-order valence-corrected chi connectivity index (χ4v) is 2.25. The summed E-state index contributed by atoms with van der Waals surface area (Å²) in [6.07, 6.45) is 2.93. The second-order valence-electron chi connectivity index (χ2n) is 4.80. The molecule has 1 aliphatic rings. The molecule has 102 valence electrons. The van der Waals surface area contributed by atoms with Gasteiger partial charge in [-0.05, 0) is 38.1 Å². The number of nitrogens with zero attached hydrogens (tertiary/aromatic N) is 2. The molecule has 0 atom stereocenters. The summed E-state index contributed by atoms with van der Waals surface area (Å²) < 4.78 is 0. The van der Waals surface area contributed by atoms with E-state index in [-0.39, 0.29) is 17.4 Å². The third-order valence-corrected chi connectivity index (χ3v) is 3.45. The number of aromatic nitrogens is 1. The van der Waals surface area contributed by atoms with Crippen LogP contribution in [0.1, 0.15) is 28.9 Å². The second kappa shape index (κ2) is 5.79. The van der Waals surface area contributed by atoms with E-state index in [0.29, 0.717) is 6.54 Å². The van der Waals surface area contributed by atoms with E-state index in [2.05, 4.69) is 9.88 Å². The summed E-state index contributed by atoms with van der Waals surface area (Å²) in [6.45, 7) is 2.30. The number of carboxylic acids is 1. The Hall–Kier alpha value is -1.95. The highest BCUT2D eigenvalue weighted by molar-refractivity contribution is 5.87. The van der Waals surface area contributed by atoms with Crippen molar-refractivity contribution in [2.24, 2.45) is 11.7 Å². The van der Waals surface area contributed by atoms with Crippen molar-refractivity contribution in [2.75, 3.05) is 13.1 Å². The van der Waals surface area contributed by atoms with Gasteiger partial charge >= 0.3 is 5.97 Å². The second-order valence-corrected chi connectivity index (χ2v) is 4.80. The lowest BCUT2D eigenvalue weighted by molar-refractivity contribution is -0.123. The quantitative estimate of drug-likeness (QED) is 0.823. The summed E-state index contributed by atoms with van der Waals surface area (Å²) in [5.41, 5.74) is 6.31. The fraction of sp³-hybridized carbons (Fsp3) is 0.462. The maximum atomic E-state index is 11.1. The van der Waals surface area contributed by atoms with Crippen LogP contribution in [0, 0.1) is 5.92 Å². The molecule has 0 aliphatic carbocycles. The Morgan fingerprint density at radius 1 is 1.37 bits per heavy atom. The molecule has 6 nitrogen and oxygen atoms in total. The monoisotopic (exact) mass is 263 g/mol. The predicted octanol–water partition coefficient (Wildman–Crippen LogP) is 0.477. The molecular formula is C13H17N3O3. The molecule has 0 aromatic carbocycles. The minimum absolute atomic E-state index is 0.0152. The van der Waals surface area contributed by atoms with E-state index in [0.717, 1.165) is 31.6 Å². The summed E-state index contributed by atoms with van der Waals surface area (Å²) in [5.74, 6) is -1.21. The van der Waals surface area contributed by atoms with Crippen LogP contribution in [0.15, 0.2) is 18.3 Å². The Kier molecular flexibility index (Phi) is 4.11. The first-order valence-electron chi connectivity index (χ1n) is 6.26. The van der Waals surface area contributed by atoms with Gasteiger partial charge in [-0.2, -0.15) is 0 Å². The molecule has 1 fully saturated rings. The summed E-state index contributed by atoms with van der Waals surface area (Å²) in [6, 6.07) is 3.28. The number of likely N-dealkylation sites (tertiary alicyclic amines) is 1. The molecule has 0 bridgehead atoms. The molecule has 2 heterocycles.